The zero-order chi connectivity index (χ0) is 21.1. The van der Waals surface area contributed by atoms with E-state index in [0.29, 0.717) is 47.1 Å². The smallest absolute Gasteiger partial charge is 0.193 e. The Morgan fingerprint density at radius 1 is 1.23 bits per heavy atom. The maximum Gasteiger partial charge on any atom is 0.193 e. The van der Waals surface area contributed by atoms with Crippen molar-refractivity contribution in [3.8, 4) is 11.5 Å². The number of allylic oxidation sites excluding steroid dienone is 1. The summed E-state index contributed by atoms with van der Waals surface area (Å²) >= 11 is 5.91. The van der Waals surface area contributed by atoms with Crippen LogP contribution in [0.25, 0.3) is 17.0 Å². The number of phenols is 1. The number of hydrogen-bond donors (Lipinski definition) is 1. The van der Waals surface area contributed by atoms with E-state index in [2.05, 4.69) is 4.90 Å². The molecule has 1 saturated heterocycles. The van der Waals surface area contributed by atoms with Gasteiger partial charge in [-0.3, -0.25) is 9.69 Å². The number of furan rings is 1. The van der Waals surface area contributed by atoms with Crippen LogP contribution in [0.15, 0.2) is 47.1 Å². The SMILES string of the molecule is COc1c(C(=O)/C=C/c2ccc(Cl)cc2)c(O)c(CN2CCOCC2)c2occc12. The second kappa shape index (κ2) is 8.92. The molecule has 2 aromatic carbocycles. The molecule has 30 heavy (non-hydrogen) atoms. The lowest BCUT2D eigenvalue weighted by atomic mass is 9.99. The number of carbonyl (C=O) groups excluding carboxylic acids is 1. The van der Waals surface area contributed by atoms with Gasteiger partial charge in [-0.15, -0.1) is 0 Å². The summed E-state index contributed by atoms with van der Waals surface area (Å²) < 4.78 is 16.6. The highest BCUT2D eigenvalue weighted by Gasteiger charge is 2.27. The highest BCUT2D eigenvalue weighted by atomic mass is 35.5. The third-order valence-electron chi connectivity index (χ3n) is 5.17. The number of morpholine rings is 1. The van der Waals surface area contributed by atoms with Gasteiger partial charge in [0.1, 0.15) is 22.6 Å². The van der Waals surface area contributed by atoms with Crippen LogP contribution in [0, 0.1) is 0 Å². The number of methoxy groups -OCH3 is 1. The third-order valence-corrected chi connectivity index (χ3v) is 5.42. The third kappa shape index (κ3) is 4.07. The van der Waals surface area contributed by atoms with Crippen LogP contribution in [-0.4, -0.2) is 49.2 Å². The average molecular weight is 428 g/mol. The quantitative estimate of drug-likeness (QED) is 0.460. The van der Waals surface area contributed by atoms with E-state index in [9.17, 15) is 9.90 Å². The summed E-state index contributed by atoms with van der Waals surface area (Å²) in [7, 11) is 1.47. The average Bonchev–Trinajstić information content (AvgIpc) is 3.25. The summed E-state index contributed by atoms with van der Waals surface area (Å²) in [6.07, 6.45) is 4.64. The Balaban J connectivity index is 1.74. The van der Waals surface area contributed by atoms with E-state index in [1.54, 1.807) is 24.3 Å². The van der Waals surface area contributed by atoms with Crippen molar-refractivity contribution in [1.29, 1.82) is 0 Å². The molecule has 1 aromatic heterocycles. The maximum absolute atomic E-state index is 13.1. The molecule has 0 bridgehead atoms. The minimum atomic E-state index is -0.356. The van der Waals surface area contributed by atoms with Crippen LogP contribution < -0.4 is 4.74 Å². The van der Waals surface area contributed by atoms with Crippen molar-refractivity contribution >= 4 is 34.4 Å². The monoisotopic (exact) mass is 427 g/mol. The number of fused-ring (bicyclic) bond motifs is 1. The lowest BCUT2D eigenvalue weighted by Crippen LogP contribution is -2.35. The molecular weight excluding hydrogens is 406 g/mol. The van der Waals surface area contributed by atoms with Gasteiger partial charge in [-0.1, -0.05) is 29.8 Å². The molecule has 7 heteroatoms. The summed E-state index contributed by atoms with van der Waals surface area (Å²) in [5, 5.41) is 12.4. The van der Waals surface area contributed by atoms with Gasteiger partial charge in [0.25, 0.3) is 0 Å². The molecule has 1 aliphatic heterocycles. The maximum atomic E-state index is 13.1. The Bertz CT molecular complexity index is 1080. The second-order valence-corrected chi connectivity index (χ2v) is 7.47. The number of aromatic hydroxyl groups is 1. The van der Waals surface area contributed by atoms with Crippen molar-refractivity contribution in [3.05, 3.63) is 64.4 Å². The number of halogens is 1. The van der Waals surface area contributed by atoms with Crippen LogP contribution in [0.5, 0.6) is 11.5 Å². The lowest BCUT2D eigenvalue weighted by Gasteiger charge is -2.27. The van der Waals surface area contributed by atoms with Crippen molar-refractivity contribution in [2.75, 3.05) is 33.4 Å². The van der Waals surface area contributed by atoms with E-state index >= 15 is 0 Å². The molecule has 0 radical (unpaired) electrons. The second-order valence-electron chi connectivity index (χ2n) is 7.04. The van der Waals surface area contributed by atoms with Gasteiger partial charge in [0.05, 0.1) is 37.5 Å². The summed E-state index contributed by atoms with van der Waals surface area (Å²) in [4.78, 5) is 15.2. The molecule has 0 atom stereocenters. The Labute approximate surface area is 179 Å². The van der Waals surface area contributed by atoms with Crippen LogP contribution in [0.2, 0.25) is 5.02 Å². The number of ether oxygens (including phenoxy) is 2. The van der Waals surface area contributed by atoms with Gasteiger partial charge in [-0.05, 0) is 29.8 Å². The number of phenolic OH excluding ortho intramolecular Hbond substituents is 1. The number of nitrogens with zero attached hydrogens (tertiary/aromatic N) is 1. The number of carbonyl (C=O) groups is 1. The number of ketones is 1. The fraction of sp³-hybridized carbons (Fsp3) is 0.261. The predicted molar refractivity (Wildman–Crippen MR) is 115 cm³/mol. The van der Waals surface area contributed by atoms with Crippen LogP contribution in [0.1, 0.15) is 21.5 Å². The molecule has 1 aliphatic rings. The van der Waals surface area contributed by atoms with E-state index in [1.807, 2.05) is 12.1 Å². The fourth-order valence-electron chi connectivity index (χ4n) is 3.62. The Morgan fingerprint density at radius 3 is 2.67 bits per heavy atom. The number of benzene rings is 2. The standard InChI is InChI=1S/C23H22ClNO5/c1-28-23-17-8-11-30-22(17)18(14-25-9-12-29-13-10-25)21(27)20(23)19(26)7-4-15-2-5-16(24)6-3-15/h2-8,11,27H,9-10,12-14H2,1H3/b7-4+. The molecule has 0 spiro atoms. The molecule has 1 N–H and O–H groups in total. The molecule has 0 aliphatic carbocycles. The Morgan fingerprint density at radius 2 is 1.97 bits per heavy atom. The topological polar surface area (TPSA) is 72.1 Å². The van der Waals surface area contributed by atoms with Crippen molar-refractivity contribution < 1.29 is 23.8 Å². The highest BCUT2D eigenvalue weighted by Crippen LogP contribution is 2.42. The molecule has 1 fully saturated rings. The van der Waals surface area contributed by atoms with Crippen molar-refractivity contribution in [3.63, 3.8) is 0 Å². The van der Waals surface area contributed by atoms with Gasteiger partial charge in [0.2, 0.25) is 0 Å². The van der Waals surface area contributed by atoms with Crippen LogP contribution in [0.4, 0.5) is 0 Å². The van der Waals surface area contributed by atoms with Crippen LogP contribution in [0.3, 0.4) is 0 Å². The number of rotatable bonds is 6. The summed E-state index contributed by atoms with van der Waals surface area (Å²) in [5.74, 6) is -0.176. The summed E-state index contributed by atoms with van der Waals surface area (Å²) in [5.41, 5.74) is 2.04. The van der Waals surface area contributed by atoms with Gasteiger partial charge in [0.15, 0.2) is 5.78 Å². The van der Waals surface area contributed by atoms with Crippen LogP contribution in [-0.2, 0) is 11.3 Å². The van der Waals surface area contributed by atoms with Crippen molar-refractivity contribution in [2.24, 2.45) is 0 Å². The Hall–Kier alpha value is -2.80. The Kier molecular flexibility index (Phi) is 6.08. The first-order valence-electron chi connectivity index (χ1n) is 9.65. The van der Waals surface area contributed by atoms with Gasteiger partial charge in [-0.25, -0.2) is 0 Å². The molecular formula is C23H22ClNO5. The van der Waals surface area contributed by atoms with E-state index in [1.165, 1.54) is 19.4 Å². The largest absolute Gasteiger partial charge is 0.507 e. The van der Waals surface area contributed by atoms with Gasteiger partial charge in [-0.2, -0.15) is 0 Å². The molecule has 0 amide bonds. The molecule has 156 valence electrons. The van der Waals surface area contributed by atoms with Crippen LogP contribution >= 0.6 is 11.6 Å². The fourth-order valence-corrected chi connectivity index (χ4v) is 3.75. The molecule has 2 heterocycles. The van der Waals surface area contributed by atoms with E-state index < -0.39 is 0 Å². The minimum Gasteiger partial charge on any atom is -0.507 e. The molecule has 3 aromatic rings. The van der Waals surface area contributed by atoms with Crippen molar-refractivity contribution in [2.45, 2.75) is 6.54 Å². The van der Waals surface area contributed by atoms with Gasteiger partial charge in [0, 0.05) is 24.7 Å². The first kappa shape index (κ1) is 20.5. The number of hydrogen-bond acceptors (Lipinski definition) is 6. The zero-order valence-corrected chi connectivity index (χ0v) is 17.3. The first-order valence-corrected chi connectivity index (χ1v) is 10.0. The van der Waals surface area contributed by atoms with Crippen molar-refractivity contribution in [1.82, 2.24) is 4.90 Å². The molecule has 0 saturated carbocycles. The highest BCUT2D eigenvalue weighted by molar-refractivity contribution is 6.30. The summed E-state index contributed by atoms with van der Waals surface area (Å²) in [6.45, 7) is 3.20. The van der Waals surface area contributed by atoms with Gasteiger partial charge >= 0.3 is 0 Å². The zero-order valence-electron chi connectivity index (χ0n) is 16.6. The first-order chi connectivity index (χ1) is 14.6. The predicted octanol–water partition coefficient (Wildman–Crippen LogP) is 4.53. The normalized spacial score (nSPS) is 15.1. The van der Waals surface area contributed by atoms with E-state index in [-0.39, 0.29) is 17.1 Å². The molecule has 4 rings (SSSR count). The minimum absolute atomic E-state index is 0.119. The molecule has 0 unspecified atom stereocenters. The molecule has 6 nitrogen and oxygen atoms in total. The van der Waals surface area contributed by atoms with Gasteiger partial charge < -0.3 is 19.0 Å². The van der Waals surface area contributed by atoms with E-state index in [0.717, 1.165) is 18.7 Å². The summed E-state index contributed by atoms with van der Waals surface area (Å²) in [6, 6.07) is 8.87. The lowest BCUT2D eigenvalue weighted by molar-refractivity contribution is 0.0339. The van der Waals surface area contributed by atoms with E-state index in [4.69, 9.17) is 25.5 Å².